The number of carbonyl (C=O) groups is 3. The highest BCUT2D eigenvalue weighted by Gasteiger charge is 2.30. The van der Waals surface area contributed by atoms with Gasteiger partial charge in [0.05, 0.1) is 5.92 Å². The SMILES string of the molecule is CC(CCCC(=O)N1CCC[C@H](C(=O)O)C1)NC(=O)OCC1c2ccccc2-c2ccccc21. The van der Waals surface area contributed by atoms with E-state index in [0.717, 1.165) is 6.42 Å². The van der Waals surface area contributed by atoms with Crippen LogP contribution in [0.15, 0.2) is 48.5 Å². The first kappa shape index (κ1) is 23.8. The van der Waals surface area contributed by atoms with E-state index in [1.807, 2.05) is 31.2 Å². The molecule has 1 unspecified atom stereocenters. The van der Waals surface area contributed by atoms with E-state index >= 15 is 0 Å². The van der Waals surface area contributed by atoms with Gasteiger partial charge in [-0.15, -0.1) is 0 Å². The van der Waals surface area contributed by atoms with Crippen molar-refractivity contribution in [2.45, 2.75) is 51.0 Å². The Balaban J connectivity index is 1.21. The van der Waals surface area contributed by atoms with Gasteiger partial charge >= 0.3 is 12.1 Å². The molecule has 7 nitrogen and oxygen atoms in total. The molecular formula is C27H32N2O5. The molecule has 1 aliphatic heterocycles. The average Bonchev–Trinajstić information content (AvgIpc) is 3.16. The summed E-state index contributed by atoms with van der Waals surface area (Å²) in [6.07, 6.45) is 2.51. The highest BCUT2D eigenvalue weighted by molar-refractivity contribution is 5.79. The highest BCUT2D eigenvalue weighted by atomic mass is 16.5. The lowest BCUT2D eigenvalue weighted by Crippen LogP contribution is -2.42. The number of likely N-dealkylation sites (tertiary alicyclic amines) is 1. The van der Waals surface area contributed by atoms with Crippen LogP contribution in [0.5, 0.6) is 0 Å². The van der Waals surface area contributed by atoms with Crippen molar-refractivity contribution in [3.63, 3.8) is 0 Å². The molecule has 0 aromatic heterocycles. The van der Waals surface area contributed by atoms with Gasteiger partial charge in [0.2, 0.25) is 5.91 Å². The summed E-state index contributed by atoms with van der Waals surface area (Å²) in [5.41, 5.74) is 4.72. The largest absolute Gasteiger partial charge is 0.481 e. The van der Waals surface area contributed by atoms with Crippen LogP contribution in [0, 0.1) is 5.92 Å². The third-order valence-corrected chi connectivity index (χ3v) is 6.86. The Morgan fingerprint density at radius 1 is 1.09 bits per heavy atom. The van der Waals surface area contributed by atoms with Crippen molar-refractivity contribution in [2.75, 3.05) is 19.7 Å². The minimum absolute atomic E-state index is 0.0145. The van der Waals surface area contributed by atoms with Gasteiger partial charge in [0.1, 0.15) is 6.61 Å². The van der Waals surface area contributed by atoms with Crippen molar-refractivity contribution < 1.29 is 24.2 Å². The quantitative estimate of drug-likeness (QED) is 0.603. The van der Waals surface area contributed by atoms with E-state index in [4.69, 9.17) is 4.74 Å². The first-order chi connectivity index (χ1) is 16.4. The van der Waals surface area contributed by atoms with Crippen molar-refractivity contribution in [3.05, 3.63) is 59.7 Å². The standard InChI is InChI=1S/C27H32N2O5/c1-18(8-6-14-25(30)29-15-7-9-19(16-29)26(31)32)28-27(33)34-17-24-22-12-4-2-10-20(22)21-11-3-5-13-23(21)24/h2-5,10-13,18-19,24H,6-9,14-17H2,1H3,(H,28,33)(H,31,32)/t18?,19-/m0/s1. The van der Waals surface area contributed by atoms with E-state index in [2.05, 4.69) is 29.6 Å². The molecule has 1 saturated heterocycles. The average molecular weight is 465 g/mol. The topological polar surface area (TPSA) is 95.9 Å². The van der Waals surface area contributed by atoms with Gasteiger partial charge in [-0.05, 0) is 54.9 Å². The van der Waals surface area contributed by atoms with E-state index < -0.39 is 18.0 Å². The lowest BCUT2D eigenvalue weighted by Gasteiger charge is -2.30. The second-order valence-corrected chi connectivity index (χ2v) is 9.28. The van der Waals surface area contributed by atoms with Gasteiger partial charge in [0.25, 0.3) is 0 Å². The molecule has 7 heteroatoms. The molecule has 1 aliphatic carbocycles. The summed E-state index contributed by atoms with van der Waals surface area (Å²) in [6.45, 7) is 3.08. The van der Waals surface area contributed by atoms with Gasteiger partial charge < -0.3 is 20.1 Å². The molecule has 34 heavy (non-hydrogen) atoms. The van der Waals surface area contributed by atoms with Gasteiger partial charge in [-0.3, -0.25) is 9.59 Å². The second kappa shape index (κ2) is 10.7. The van der Waals surface area contributed by atoms with E-state index in [1.54, 1.807) is 4.90 Å². The fourth-order valence-electron chi connectivity index (χ4n) is 5.04. The van der Waals surface area contributed by atoms with E-state index in [0.29, 0.717) is 38.8 Å². The predicted molar refractivity (Wildman–Crippen MR) is 128 cm³/mol. The van der Waals surface area contributed by atoms with E-state index in [1.165, 1.54) is 22.3 Å². The molecule has 2 atom stereocenters. The Hall–Kier alpha value is -3.35. The van der Waals surface area contributed by atoms with Crippen LogP contribution in [0.25, 0.3) is 11.1 Å². The number of hydrogen-bond acceptors (Lipinski definition) is 4. The first-order valence-corrected chi connectivity index (χ1v) is 12.1. The molecule has 1 heterocycles. The number of fused-ring (bicyclic) bond motifs is 3. The Morgan fingerprint density at radius 3 is 2.38 bits per heavy atom. The molecule has 180 valence electrons. The number of amides is 2. The second-order valence-electron chi connectivity index (χ2n) is 9.28. The van der Waals surface area contributed by atoms with Crippen molar-refractivity contribution in [1.82, 2.24) is 10.2 Å². The van der Waals surface area contributed by atoms with Gasteiger partial charge in [0, 0.05) is 31.5 Å². The third-order valence-electron chi connectivity index (χ3n) is 6.86. The van der Waals surface area contributed by atoms with Crippen LogP contribution in [-0.2, 0) is 14.3 Å². The zero-order valence-electron chi connectivity index (χ0n) is 19.5. The zero-order chi connectivity index (χ0) is 24.1. The minimum Gasteiger partial charge on any atom is -0.481 e. The van der Waals surface area contributed by atoms with Crippen molar-refractivity contribution >= 4 is 18.0 Å². The summed E-state index contributed by atoms with van der Waals surface area (Å²) < 4.78 is 5.59. The number of alkyl carbamates (subject to hydrolysis) is 1. The number of ether oxygens (including phenoxy) is 1. The zero-order valence-corrected chi connectivity index (χ0v) is 19.5. The molecule has 2 N–H and O–H groups in total. The molecule has 1 fully saturated rings. The van der Waals surface area contributed by atoms with Gasteiger partial charge in [-0.1, -0.05) is 48.5 Å². The van der Waals surface area contributed by atoms with Crippen molar-refractivity contribution in [1.29, 1.82) is 0 Å². The Bertz CT molecular complexity index is 1010. The first-order valence-electron chi connectivity index (χ1n) is 12.1. The number of carbonyl (C=O) groups excluding carboxylic acids is 2. The molecule has 4 rings (SSSR count). The Labute approximate surface area is 200 Å². The van der Waals surface area contributed by atoms with Crippen LogP contribution >= 0.6 is 0 Å². The molecule has 2 amide bonds. The molecule has 0 spiro atoms. The molecule has 0 saturated carbocycles. The summed E-state index contributed by atoms with van der Waals surface area (Å²) in [6, 6.07) is 16.3. The Kier molecular flexibility index (Phi) is 7.50. The van der Waals surface area contributed by atoms with Gasteiger partial charge in [-0.2, -0.15) is 0 Å². The van der Waals surface area contributed by atoms with Crippen LogP contribution in [0.3, 0.4) is 0 Å². The maximum atomic E-state index is 12.4. The third kappa shape index (κ3) is 5.41. The summed E-state index contributed by atoms with van der Waals surface area (Å²) in [5.74, 6) is -1.30. The summed E-state index contributed by atoms with van der Waals surface area (Å²) >= 11 is 0. The van der Waals surface area contributed by atoms with Crippen LogP contribution < -0.4 is 5.32 Å². The molecule has 2 aliphatic rings. The monoisotopic (exact) mass is 464 g/mol. The molecule has 2 aromatic carbocycles. The van der Waals surface area contributed by atoms with Crippen LogP contribution in [0.1, 0.15) is 56.1 Å². The highest BCUT2D eigenvalue weighted by Crippen LogP contribution is 2.44. The summed E-state index contributed by atoms with van der Waals surface area (Å²) in [7, 11) is 0. The Morgan fingerprint density at radius 2 is 1.74 bits per heavy atom. The molecular weight excluding hydrogens is 432 g/mol. The van der Waals surface area contributed by atoms with Crippen molar-refractivity contribution in [2.24, 2.45) is 5.92 Å². The number of nitrogens with zero attached hydrogens (tertiary/aromatic N) is 1. The van der Waals surface area contributed by atoms with Crippen LogP contribution in [0.2, 0.25) is 0 Å². The number of carboxylic acid groups (broad SMARTS) is 1. The molecule has 0 radical (unpaired) electrons. The van der Waals surface area contributed by atoms with Gasteiger partial charge in [-0.25, -0.2) is 4.79 Å². The number of hydrogen-bond donors (Lipinski definition) is 2. The van der Waals surface area contributed by atoms with Gasteiger partial charge in [0.15, 0.2) is 0 Å². The maximum absolute atomic E-state index is 12.4. The lowest BCUT2D eigenvalue weighted by molar-refractivity contribution is -0.145. The predicted octanol–water partition coefficient (Wildman–Crippen LogP) is 4.41. The van der Waals surface area contributed by atoms with Crippen LogP contribution in [-0.4, -0.2) is 53.7 Å². The maximum Gasteiger partial charge on any atom is 0.407 e. The fraction of sp³-hybridized carbons (Fsp3) is 0.444. The fourth-order valence-corrected chi connectivity index (χ4v) is 5.04. The summed E-state index contributed by atoms with van der Waals surface area (Å²) in [4.78, 5) is 37.7. The smallest absolute Gasteiger partial charge is 0.407 e. The van der Waals surface area contributed by atoms with E-state index in [-0.39, 0.29) is 24.5 Å². The molecule has 2 aromatic rings. The summed E-state index contributed by atoms with van der Waals surface area (Å²) in [5, 5.41) is 12.1. The number of benzene rings is 2. The minimum atomic E-state index is -0.835. The lowest BCUT2D eigenvalue weighted by atomic mass is 9.98. The molecule has 0 bridgehead atoms. The van der Waals surface area contributed by atoms with Crippen molar-refractivity contribution in [3.8, 4) is 11.1 Å². The number of carboxylic acids is 1. The normalized spacial score (nSPS) is 18.0. The number of rotatable bonds is 8. The number of nitrogens with one attached hydrogen (secondary N) is 1. The van der Waals surface area contributed by atoms with E-state index in [9.17, 15) is 19.5 Å². The number of piperidine rings is 1. The number of aliphatic carboxylic acids is 1. The van der Waals surface area contributed by atoms with Crippen LogP contribution in [0.4, 0.5) is 4.79 Å².